The fourth-order valence-corrected chi connectivity index (χ4v) is 7.70. The van der Waals surface area contributed by atoms with Crippen LogP contribution in [-0.2, 0) is 12.5 Å². The van der Waals surface area contributed by atoms with Crippen molar-refractivity contribution >= 4 is 32.6 Å². The molecule has 0 amide bonds. The normalized spacial score (nSPS) is 12.0. The van der Waals surface area contributed by atoms with Crippen LogP contribution in [0, 0.1) is 20.8 Å². The fourth-order valence-electron chi connectivity index (χ4n) is 6.55. The van der Waals surface area contributed by atoms with Gasteiger partial charge in [0.05, 0.1) is 22.8 Å². The Bertz CT molecular complexity index is 2150. The fraction of sp³-hybridized carbons (Fsp3) is 0.200. The number of fused-ring (bicyclic) bond motifs is 2. The van der Waals surface area contributed by atoms with Crippen LogP contribution in [-0.4, -0.2) is 9.55 Å². The quantitative estimate of drug-likeness (QED) is 0.186. The van der Waals surface area contributed by atoms with Crippen LogP contribution in [0.1, 0.15) is 43.0 Å². The van der Waals surface area contributed by atoms with Gasteiger partial charge in [-0.1, -0.05) is 93.6 Å². The maximum absolute atomic E-state index is 5.43. The number of hydrogen-bond donors (Lipinski definition) is 0. The molecule has 218 valence electrons. The number of para-hydroxylation sites is 2. The van der Waals surface area contributed by atoms with Crippen LogP contribution in [0.3, 0.4) is 0 Å². The highest BCUT2D eigenvalue weighted by molar-refractivity contribution is 7.21. The van der Waals surface area contributed by atoms with E-state index in [9.17, 15) is 0 Å². The molecule has 0 aliphatic rings. The molecule has 0 fully saturated rings. The third-order valence-corrected chi connectivity index (χ3v) is 9.89. The molecule has 7 rings (SSSR count). The summed E-state index contributed by atoms with van der Waals surface area (Å²) in [7, 11) is 2.18. The SMILES string of the molecule is Cc1cc(-c2ccccc2)cc(C)c1-c1nc2c(-c3n(-c4ccc(C(C)(C)C)cc4)c4ccccc4[n+]3C)c(C)ccc2s1. The first-order chi connectivity index (χ1) is 21.1. The van der Waals surface area contributed by atoms with Crippen molar-refractivity contribution in [3.8, 4) is 38.8 Å². The largest absolute Gasteiger partial charge is 0.297 e. The molecular weight excluding hydrogens is 555 g/mol. The van der Waals surface area contributed by atoms with Crippen molar-refractivity contribution in [2.75, 3.05) is 0 Å². The predicted octanol–water partition coefficient (Wildman–Crippen LogP) is 10.3. The molecule has 0 unspecified atom stereocenters. The van der Waals surface area contributed by atoms with Gasteiger partial charge in [0, 0.05) is 5.56 Å². The highest BCUT2D eigenvalue weighted by Crippen LogP contribution is 2.41. The zero-order valence-electron chi connectivity index (χ0n) is 26.6. The maximum Gasteiger partial charge on any atom is 0.297 e. The lowest BCUT2D eigenvalue weighted by molar-refractivity contribution is -0.633. The minimum absolute atomic E-state index is 0.0967. The van der Waals surface area contributed by atoms with Crippen molar-refractivity contribution in [3.63, 3.8) is 0 Å². The molecule has 44 heavy (non-hydrogen) atoms. The van der Waals surface area contributed by atoms with Crippen LogP contribution >= 0.6 is 11.3 Å². The zero-order valence-corrected chi connectivity index (χ0v) is 27.4. The van der Waals surface area contributed by atoms with Crippen molar-refractivity contribution in [2.45, 2.75) is 47.0 Å². The van der Waals surface area contributed by atoms with E-state index < -0.39 is 0 Å². The van der Waals surface area contributed by atoms with E-state index >= 15 is 0 Å². The van der Waals surface area contributed by atoms with Gasteiger partial charge >= 0.3 is 0 Å². The molecule has 0 saturated heterocycles. The van der Waals surface area contributed by atoms with E-state index in [2.05, 4.69) is 161 Å². The number of aromatic nitrogens is 3. The van der Waals surface area contributed by atoms with Gasteiger partial charge in [-0.25, -0.2) is 9.55 Å². The molecule has 0 saturated carbocycles. The number of hydrogen-bond acceptors (Lipinski definition) is 2. The van der Waals surface area contributed by atoms with Crippen molar-refractivity contribution in [3.05, 3.63) is 125 Å². The van der Waals surface area contributed by atoms with Gasteiger partial charge in [0.2, 0.25) is 0 Å². The van der Waals surface area contributed by atoms with Crippen LogP contribution in [0.15, 0.2) is 103 Å². The van der Waals surface area contributed by atoms with Gasteiger partial charge in [0.25, 0.3) is 5.82 Å². The van der Waals surface area contributed by atoms with Gasteiger partial charge in [-0.3, -0.25) is 0 Å². The summed E-state index contributed by atoms with van der Waals surface area (Å²) in [5, 5.41) is 1.07. The zero-order chi connectivity index (χ0) is 30.7. The Balaban J connectivity index is 1.45. The first kappa shape index (κ1) is 28.2. The minimum Gasteiger partial charge on any atom is -0.235 e. The molecule has 0 bridgehead atoms. The van der Waals surface area contributed by atoms with Gasteiger partial charge in [0.15, 0.2) is 11.0 Å². The molecule has 7 aromatic rings. The predicted molar refractivity (Wildman–Crippen MR) is 187 cm³/mol. The topological polar surface area (TPSA) is 21.7 Å². The van der Waals surface area contributed by atoms with Crippen LogP contribution in [0.2, 0.25) is 0 Å². The molecule has 2 aromatic heterocycles. The average molecular weight is 593 g/mol. The molecule has 0 aliphatic carbocycles. The van der Waals surface area contributed by atoms with E-state index in [0.717, 1.165) is 22.0 Å². The molecule has 0 aliphatic heterocycles. The van der Waals surface area contributed by atoms with Crippen molar-refractivity contribution < 1.29 is 4.57 Å². The molecule has 0 spiro atoms. The highest BCUT2D eigenvalue weighted by Gasteiger charge is 2.30. The summed E-state index contributed by atoms with van der Waals surface area (Å²) in [6, 6.07) is 37.5. The Labute approximate surface area is 264 Å². The monoisotopic (exact) mass is 592 g/mol. The van der Waals surface area contributed by atoms with E-state index in [1.165, 1.54) is 60.2 Å². The Morgan fingerprint density at radius 3 is 2.02 bits per heavy atom. The first-order valence-electron chi connectivity index (χ1n) is 15.3. The molecule has 4 heteroatoms. The van der Waals surface area contributed by atoms with Crippen LogP contribution in [0.4, 0.5) is 0 Å². The van der Waals surface area contributed by atoms with Gasteiger partial charge in [-0.15, -0.1) is 11.3 Å². The summed E-state index contributed by atoms with van der Waals surface area (Å²) in [5.74, 6) is 1.14. The second kappa shape index (κ2) is 10.6. The van der Waals surface area contributed by atoms with E-state index in [1.54, 1.807) is 11.3 Å². The average Bonchev–Trinajstić information content (AvgIpc) is 3.56. The Hall–Kier alpha value is -4.54. The van der Waals surface area contributed by atoms with Gasteiger partial charge in [-0.05, 0) is 89.9 Å². The van der Waals surface area contributed by atoms with Gasteiger partial charge in [0.1, 0.15) is 10.7 Å². The lowest BCUT2D eigenvalue weighted by atomic mass is 9.87. The summed E-state index contributed by atoms with van der Waals surface area (Å²) in [5.41, 5.74) is 14.6. The van der Waals surface area contributed by atoms with Crippen LogP contribution in [0.25, 0.3) is 60.0 Å². The summed E-state index contributed by atoms with van der Waals surface area (Å²) in [4.78, 5) is 5.43. The highest BCUT2D eigenvalue weighted by atomic mass is 32.1. The maximum atomic E-state index is 5.43. The number of rotatable bonds is 4. The Morgan fingerprint density at radius 2 is 1.34 bits per heavy atom. The summed E-state index contributed by atoms with van der Waals surface area (Å²) in [6.45, 7) is 13.4. The van der Waals surface area contributed by atoms with E-state index in [0.29, 0.717) is 0 Å². The Morgan fingerprint density at radius 1 is 0.682 bits per heavy atom. The number of nitrogens with zero attached hydrogens (tertiary/aromatic N) is 3. The lowest BCUT2D eigenvalue weighted by Gasteiger charge is -2.18. The van der Waals surface area contributed by atoms with E-state index in [-0.39, 0.29) is 5.41 Å². The minimum atomic E-state index is 0.0967. The molecule has 0 radical (unpaired) electrons. The number of aryl methyl sites for hydroxylation is 4. The number of thiazole rings is 1. The van der Waals surface area contributed by atoms with Crippen molar-refractivity contribution in [1.29, 1.82) is 0 Å². The van der Waals surface area contributed by atoms with Crippen LogP contribution in [0.5, 0.6) is 0 Å². The molecule has 5 aromatic carbocycles. The molecule has 0 N–H and O–H groups in total. The lowest BCUT2D eigenvalue weighted by Crippen LogP contribution is -2.30. The summed E-state index contributed by atoms with van der Waals surface area (Å²) >= 11 is 1.79. The smallest absolute Gasteiger partial charge is 0.235 e. The molecule has 2 heterocycles. The van der Waals surface area contributed by atoms with Gasteiger partial charge < -0.3 is 0 Å². The first-order valence-corrected chi connectivity index (χ1v) is 16.1. The molecule has 0 atom stereocenters. The van der Waals surface area contributed by atoms with Crippen molar-refractivity contribution in [1.82, 2.24) is 9.55 Å². The van der Waals surface area contributed by atoms with Crippen LogP contribution < -0.4 is 4.57 Å². The summed E-state index contributed by atoms with van der Waals surface area (Å²) < 4.78 is 5.94. The second-order valence-corrected chi connectivity index (χ2v) is 14.0. The van der Waals surface area contributed by atoms with E-state index in [1.807, 2.05) is 0 Å². The van der Waals surface area contributed by atoms with E-state index in [4.69, 9.17) is 4.98 Å². The third-order valence-electron chi connectivity index (χ3n) is 8.85. The molecular formula is C40H38N3S+. The summed E-state index contributed by atoms with van der Waals surface area (Å²) in [6.07, 6.45) is 0. The van der Waals surface area contributed by atoms with Crippen molar-refractivity contribution in [2.24, 2.45) is 7.05 Å². The number of imidazole rings is 1. The third kappa shape index (κ3) is 4.65. The number of benzene rings is 5. The standard InChI is InChI=1S/C40H38N3S/c1-25-17-22-34-37(41-38(44-34)35-26(2)23-29(24-27(35)3)28-13-9-8-10-14-28)36(25)39-42(7)32-15-11-12-16-33(32)43(39)31-20-18-30(19-21-31)40(4,5)6/h8-24H,1-7H3/q+1. The Kier molecular flexibility index (Phi) is 6.78. The molecule has 3 nitrogen and oxygen atoms in total. The van der Waals surface area contributed by atoms with Gasteiger partial charge in [-0.2, -0.15) is 4.57 Å². The second-order valence-electron chi connectivity index (χ2n) is 13.0.